The molecule has 1 N–H and O–H groups in total. The molecule has 8 nitrogen and oxygen atoms in total. The van der Waals surface area contributed by atoms with Crippen molar-refractivity contribution in [1.82, 2.24) is 20.4 Å². The number of nitrogens with one attached hydrogen (secondary N) is 1. The van der Waals surface area contributed by atoms with Gasteiger partial charge >= 0.3 is 0 Å². The molecule has 1 aromatic heterocycles. The first-order chi connectivity index (χ1) is 15.2. The molecule has 0 bridgehead atoms. The summed E-state index contributed by atoms with van der Waals surface area (Å²) < 4.78 is 17.1. The lowest BCUT2D eigenvalue weighted by Gasteiger charge is -2.34. The summed E-state index contributed by atoms with van der Waals surface area (Å²) in [4.78, 5) is 11.2. The van der Waals surface area contributed by atoms with E-state index in [0.717, 1.165) is 63.5 Å². The number of benzene rings is 1. The third-order valence-electron chi connectivity index (χ3n) is 5.67. The zero-order valence-electron chi connectivity index (χ0n) is 17.9. The van der Waals surface area contributed by atoms with Gasteiger partial charge in [0.25, 0.3) is 0 Å². The van der Waals surface area contributed by atoms with Crippen LogP contribution in [0, 0.1) is 0 Å². The summed E-state index contributed by atoms with van der Waals surface area (Å²) in [5.41, 5.74) is 0.843. The lowest BCUT2D eigenvalue weighted by atomic mass is 10.1. The van der Waals surface area contributed by atoms with Gasteiger partial charge in [0.1, 0.15) is 0 Å². The summed E-state index contributed by atoms with van der Waals surface area (Å²) in [6.45, 7) is 4.11. The number of aliphatic imine (C=N–C) groups is 1. The Kier molecular flexibility index (Phi) is 7.77. The number of piperidine rings is 1. The number of hydrogen-bond donors (Lipinski definition) is 1. The van der Waals surface area contributed by atoms with Crippen molar-refractivity contribution < 1.29 is 14.0 Å². The fourth-order valence-corrected chi connectivity index (χ4v) is 4.16. The molecule has 0 saturated carbocycles. The molecule has 168 valence electrons. The summed E-state index contributed by atoms with van der Waals surface area (Å²) >= 11 is 6.04. The highest BCUT2D eigenvalue weighted by molar-refractivity contribution is 6.30. The van der Waals surface area contributed by atoms with Crippen molar-refractivity contribution in [3.63, 3.8) is 0 Å². The lowest BCUT2D eigenvalue weighted by Crippen LogP contribution is -2.47. The van der Waals surface area contributed by atoms with Crippen LogP contribution in [-0.2, 0) is 15.9 Å². The maximum absolute atomic E-state index is 6.07. The predicted octanol–water partition coefficient (Wildman–Crippen LogP) is 3.17. The molecule has 9 heteroatoms. The van der Waals surface area contributed by atoms with Crippen LogP contribution < -0.4 is 5.32 Å². The molecule has 1 atom stereocenters. The SMILES string of the molecule is CN=C(NCCc1nc(-c2cccc(Cl)c2)no1)N1CCC(OCC2CCCO2)CC1. The number of rotatable bonds is 7. The maximum Gasteiger partial charge on any atom is 0.228 e. The first kappa shape index (κ1) is 22.0. The van der Waals surface area contributed by atoms with Crippen LogP contribution in [0.15, 0.2) is 33.8 Å². The van der Waals surface area contributed by atoms with Crippen LogP contribution in [0.25, 0.3) is 11.4 Å². The van der Waals surface area contributed by atoms with Crippen LogP contribution in [0.3, 0.4) is 0 Å². The fourth-order valence-electron chi connectivity index (χ4n) is 3.97. The largest absolute Gasteiger partial charge is 0.376 e. The molecule has 2 aromatic rings. The van der Waals surface area contributed by atoms with Crippen molar-refractivity contribution in [2.45, 2.75) is 44.3 Å². The van der Waals surface area contributed by atoms with Crippen LogP contribution in [0.5, 0.6) is 0 Å². The summed E-state index contributed by atoms with van der Waals surface area (Å²) in [7, 11) is 1.81. The van der Waals surface area contributed by atoms with E-state index in [1.54, 1.807) is 0 Å². The van der Waals surface area contributed by atoms with Gasteiger partial charge in [-0.2, -0.15) is 4.98 Å². The van der Waals surface area contributed by atoms with Gasteiger partial charge in [-0.25, -0.2) is 0 Å². The molecule has 1 unspecified atom stereocenters. The maximum atomic E-state index is 6.07. The van der Waals surface area contributed by atoms with E-state index >= 15 is 0 Å². The molecule has 0 radical (unpaired) electrons. The minimum atomic E-state index is 0.288. The standard InChI is InChI=1S/C22H30ClN5O3/c1-24-22(28-11-8-18(9-12-28)30-15-19-6-3-13-29-19)25-10-7-20-26-21(27-31-20)16-4-2-5-17(23)14-16/h2,4-5,14,18-19H,3,6-13,15H2,1H3,(H,24,25). The average Bonchev–Trinajstić information content (AvgIpc) is 3.48. The Balaban J connectivity index is 1.19. The van der Waals surface area contributed by atoms with Gasteiger partial charge in [0.15, 0.2) is 5.96 Å². The minimum absolute atomic E-state index is 0.288. The van der Waals surface area contributed by atoms with Crippen molar-refractivity contribution in [3.8, 4) is 11.4 Å². The Morgan fingerprint density at radius 3 is 2.94 bits per heavy atom. The minimum Gasteiger partial charge on any atom is -0.376 e. The van der Waals surface area contributed by atoms with Crippen LogP contribution in [-0.4, -0.2) is 73.1 Å². The van der Waals surface area contributed by atoms with Gasteiger partial charge in [0, 0.05) is 50.3 Å². The van der Waals surface area contributed by atoms with E-state index in [9.17, 15) is 0 Å². The predicted molar refractivity (Wildman–Crippen MR) is 119 cm³/mol. The summed E-state index contributed by atoms with van der Waals surface area (Å²) in [6, 6.07) is 7.43. The topological polar surface area (TPSA) is 85.0 Å². The Hall–Kier alpha value is -2.16. The second kappa shape index (κ2) is 10.9. The number of nitrogens with zero attached hydrogens (tertiary/aromatic N) is 4. The molecular formula is C22H30ClN5O3. The highest BCUT2D eigenvalue weighted by atomic mass is 35.5. The molecule has 0 amide bonds. The number of ether oxygens (including phenoxy) is 2. The van der Waals surface area contributed by atoms with Gasteiger partial charge in [-0.05, 0) is 37.8 Å². The van der Waals surface area contributed by atoms with Gasteiger partial charge in [-0.3, -0.25) is 4.99 Å². The quantitative estimate of drug-likeness (QED) is 0.515. The zero-order valence-corrected chi connectivity index (χ0v) is 18.7. The van der Waals surface area contributed by atoms with E-state index in [0.29, 0.717) is 35.8 Å². The van der Waals surface area contributed by atoms with E-state index in [1.165, 1.54) is 0 Å². The zero-order chi connectivity index (χ0) is 21.5. The summed E-state index contributed by atoms with van der Waals surface area (Å²) in [6.07, 6.45) is 5.49. The molecule has 2 saturated heterocycles. The average molecular weight is 448 g/mol. The smallest absolute Gasteiger partial charge is 0.228 e. The Bertz CT molecular complexity index is 860. The lowest BCUT2D eigenvalue weighted by molar-refractivity contribution is -0.0367. The molecule has 0 spiro atoms. The van der Waals surface area contributed by atoms with Gasteiger partial charge in [0.05, 0.1) is 18.8 Å². The summed E-state index contributed by atoms with van der Waals surface area (Å²) in [5, 5.41) is 8.11. The number of aromatic nitrogens is 2. The van der Waals surface area contributed by atoms with E-state index in [4.69, 9.17) is 25.6 Å². The number of hydrogen-bond acceptors (Lipinski definition) is 6. The van der Waals surface area contributed by atoms with E-state index in [2.05, 4.69) is 25.3 Å². The Labute approximate surface area is 188 Å². The van der Waals surface area contributed by atoms with Gasteiger partial charge in [0.2, 0.25) is 11.7 Å². The van der Waals surface area contributed by atoms with Crippen molar-refractivity contribution in [2.24, 2.45) is 4.99 Å². The first-order valence-electron chi connectivity index (χ1n) is 11.0. The molecule has 0 aliphatic carbocycles. The first-order valence-corrected chi connectivity index (χ1v) is 11.4. The fraction of sp³-hybridized carbons (Fsp3) is 0.591. The molecule has 3 heterocycles. The van der Waals surface area contributed by atoms with Crippen molar-refractivity contribution in [3.05, 3.63) is 35.2 Å². The van der Waals surface area contributed by atoms with Gasteiger partial charge in [-0.15, -0.1) is 0 Å². The van der Waals surface area contributed by atoms with Crippen LogP contribution in [0.1, 0.15) is 31.6 Å². The third kappa shape index (κ3) is 6.18. The number of guanidine groups is 1. The Morgan fingerprint density at radius 1 is 1.32 bits per heavy atom. The van der Waals surface area contributed by atoms with Crippen LogP contribution in [0.2, 0.25) is 5.02 Å². The molecule has 4 rings (SSSR count). The molecule has 1 aromatic carbocycles. The highest BCUT2D eigenvalue weighted by Crippen LogP contribution is 2.20. The third-order valence-corrected chi connectivity index (χ3v) is 5.90. The van der Waals surface area contributed by atoms with Crippen LogP contribution >= 0.6 is 11.6 Å². The van der Waals surface area contributed by atoms with Crippen molar-refractivity contribution in [2.75, 3.05) is 39.9 Å². The normalized spacial score (nSPS) is 20.4. The van der Waals surface area contributed by atoms with E-state index in [-0.39, 0.29) is 6.10 Å². The molecule has 2 fully saturated rings. The Morgan fingerprint density at radius 2 is 2.19 bits per heavy atom. The van der Waals surface area contributed by atoms with Crippen molar-refractivity contribution in [1.29, 1.82) is 0 Å². The highest BCUT2D eigenvalue weighted by Gasteiger charge is 2.24. The summed E-state index contributed by atoms with van der Waals surface area (Å²) in [5.74, 6) is 2.03. The monoisotopic (exact) mass is 447 g/mol. The molecule has 2 aliphatic heterocycles. The molecular weight excluding hydrogens is 418 g/mol. The van der Waals surface area contributed by atoms with E-state index in [1.807, 2.05) is 31.3 Å². The number of likely N-dealkylation sites (tertiary alicyclic amines) is 1. The molecule has 31 heavy (non-hydrogen) atoms. The number of halogens is 1. The second-order valence-electron chi connectivity index (χ2n) is 7.90. The van der Waals surface area contributed by atoms with Gasteiger partial charge in [-0.1, -0.05) is 28.9 Å². The van der Waals surface area contributed by atoms with E-state index < -0.39 is 0 Å². The second-order valence-corrected chi connectivity index (χ2v) is 8.34. The van der Waals surface area contributed by atoms with Crippen molar-refractivity contribution >= 4 is 17.6 Å². The molecule has 2 aliphatic rings. The van der Waals surface area contributed by atoms with Gasteiger partial charge < -0.3 is 24.2 Å². The van der Waals surface area contributed by atoms with Crippen LogP contribution in [0.4, 0.5) is 0 Å².